The summed E-state index contributed by atoms with van der Waals surface area (Å²) in [6, 6.07) is 19.8. The van der Waals surface area contributed by atoms with Gasteiger partial charge in [0.1, 0.15) is 11.6 Å². The van der Waals surface area contributed by atoms with Gasteiger partial charge in [-0.25, -0.2) is 13.4 Å². The summed E-state index contributed by atoms with van der Waals surface area (Å²) in [6.07, 6.45) is 0. The van der Waals surface area contributed by atoms with E-state index in [1.165, 1.54) is 38.4 Å². The lowest BCUT2D eigenvalue weighted by atomic mass is 10.1. The van der Waals surface area contributed by atoms with Crippen LogP contribution in [0.25, 0.3) is 11.4 Å². The average Bonchev–Trinajstić information content (AvgIpc) is 3.30. The smallest absolute Gasteiger partial charge is 0.264 e. The molecule has 34 heavy (non-hydrogen) atoms. The molecule has 3 aromatic carbocycles. The first kappa shape index (κ1) is 23.0. The van der Waals surface area contributed by atoms with Crippen molar-refractivity contribution >= 4 is 27.3 Å². The van der Waals surface area contributed by atoms with Crippen molar-refractivity contribution in [3.63, 3.8) is 0 Å². The Balaban J connectivity index is 1.52. The third kappa shape index (κ3) is 4.62. The molecule has 10 heteroatoms. The van der Waals surface area contributed by atoms with Crippen LogP contribution >= 0.6 is 0 Å². The number of carbonyl (C=O) groups excluding carboxylic acids is 1. The summed E-state index contributed by atoms with van der Waals surface area (Å²) >= 11 is 0. The molecule has 0 saturated carbocycles. The molecule has 0 fully saturated rings. The molecule has 0 radical (unpaired) electrons. The van der Waals surface area contributed by atoms with Gasteiger partial charge in [-0.15, -0.1) is 0 Å². The molecule has 4 aromatic rings. The highest BCUT2D eigenvalue weighted by Gasteiger charge is 2.24. The number of para-hydroxylation sites is 2. The van der Waals surface area contributed by atoms with Gasteiger partial charge < -0.3 is 10.1 Å². The number of aryl methyl sites for hydroxylation is 1. The number of H-pyrrole nitrogens is 1. The summed E-state index contributed by atoms with van der Waals surface area (Å²) in [5, 5.41) is 9.73. The molecule has 0 aliphatic rings. The highest BCUT2D eigenvalue weighted by Crippen LogP contribution is 2.31. The number of hydrogen-bond donors (Lipinski definition) is 2. The van der Waals surface area contributed by atoms with Crippen LogP contribution in [0.2, 0.25) is 0 Å². The molecule has 1 aromatic heterocycles. The Morgan fingerprint density at radius 1 is 1.03 bits per heavy atom. The van der Waals surface area contributed by atoms with Crippen molar-refractivity contribution in [2.45, 2.75) is 11.8 Å². The van der Waals surface area contributed by atoms with Crippen LogP contribution in [0.4, 0.5) is 11.4 Å². The van der Waals surface area contributed by atoms with Crippen LogP contribution in [0.1, 0.15) is 16.2 Å². The number of anilines is 2. The predicted molar refractivity (Wildman–Crippen MR) is 130 cm³/mol. The van der Waals surface area contributed by atoms with Gasteiger partial charge in [0.05, 0.1) is 17.7 Å². The van der Waals surface area contributed by atoms with Crippen LogP contribution in [0.3, 0.4) is 0 Å². The third-order valence-electron chi connectivity index (χ3n) is 5.18. The van der Waals surface area contributed by atoms with Gasteiger partial charge in [0, 0.05) is 23.9 Å². The van der Waals surface area contributed by atoms with E-state index in [4.69, 9.17) is 4.74 Å². The summed E-state index contributed by atoms with van der Waals surface area (Å²) in [5.41, 5.74) is 2.05. The van der Waals surface area contributed by atoms with Gasteiger partial charge >= 0.3 is 0 Å². The monoisotopic (exact) mass is 477 g/mol. The van der Waals surface area contributed by atoms with Crippen LogP contribution in [0.15, 0.2) is 77.7 Å². The Morgan fingerprint density at radius 3 is 2.44 bits per heavy atom. The first-order valence-corrected chi connectivity index (χ1v) is 11.8. The number of rotatable bonds is 7. The molecule has 0 aliphatic heterocycles. The number of benzene rings is 3. The van der Waals surface area contributed by atoms with Crippen LogP contribution in [-0.4, -0.2) is 43.7 Å². The van der Waals surface area contributed by atoms with Gasteiger partial charge in [0.25, 0.3) is 15.9 Å². The zero-order chi connectivity index (χ0) is 24.3. The molecule has 0 spiro atoms. The lowest BCUT2D eigenvalue weighted by Gasteiger charge is -2.21. The lowest BCUT2D eigenvalue weighted by Crippen LogP contribution is -2.27. The van der Waals surface area contributed by atoms with Gasteiger partial charge in [-0.05, 0) is 55.5 Å². The zero-order valence-corrected chi connectivity index (χ0v) is 19.6. The van der Waals surface area contributed by atoms with Gasteiger partial charge in [-0.1, -0.05) is 24.3 Å². The van der Waals surface area contributed by atoms with Crippen molar-refractivity contribution in [1.29, 1.82) is 0 Å². The quantitative estimate of drug-likeness (QED) is 0.417. The number of methoxy groups -OCH3 is 1. The molecule has 0 aliphatic carbocycles. The molecule has 1 heterocycles. The third-order valence-corrected chi connectivity index (χ3v) is 6.96. The second-order valence-corrected chi connectivity index (χ2v) is 9.42. The van der Waals surface area contributed by atoms with E-state index < -0.39 is 10.0 Å². The number of nitrogens with one attached hydrogen (secondary N) is 2. The van der Waals surface area contributed by atoms with E-state index >= 15 is 0 Å². The summed E-state index contributed by atoms with van der Waals surface area (Å²) in [7, 11) is -0.920. The molecule has 2 N–H and O–H groups in total. The van der Waals surface area contributed by atoms with E-state index in [9.17, 15) is 13.2 Å². The number of ether oxygens (including phenoxy) is 1. The average molecular weight is 478 g/mol. The second-order valence-electron chi connectivity index (χ2n) is 7.45. The van der Waals surface area contributed by atoms with Crippen molar-refractivity contribution in [2.24, 2.45) is 0 Å². The maximum Gasteiger partial charge on any atom is 0.264 e. The lowest BCUT2D eigenvalue weighted by molar-refractivity contribution is 0.102. The van der Waals surface area contributed by atoms with E-state index in [2.05, 4.69) is 20.5 Å². The van der Waals surface area contributed by atoms with E-state index in [0.717, 1.165) is 9.87 Å². The molecule has 0 saturated heterocycles. The number of sulfonamides is 1. The van der Waals surface area contributed by atoms with Gasteiger partial charge in [0.2, 0.25) is 0 Å². The Morgan fingerprint density at radius 2 is 1.76 bits per heavy atom. The minimum atomic E-state index is -3.86. The maximum atomic E-state index is 13.1. The normalized spacial score (nSPS) is 11.1. The van der Waals surface area contributed by atoms with Crippen LogP contribution in [0, 0.1) is 6.92 Å². The van der Waals surface area contributed by atoms with Crippen molar-refractivity contribution < 1.29 is 17.9 Å². The zero-order valence-electron chi connectivity index (χ0n) is 18.8. The van der Waals surface area contributed by atoms with E-state index in [1.54, 1.807) is 49.4 Å². The molecule has 0 bridgehead atoms. The van der Waals surface area contributed by atoms with Crippen molar-refractivity contribution in [3.8, 4) is 17.1 Å². The number of nitrogens with zero attached hydrogens (tertiary/aromatic N) is 3. The Hall–Kier alpha value is -4.18. The predicted octanol–water partition coefficient (Wildman–Crippen LogP) is 3.87. The topological polar surface area (TPSA) is 117 Å². The van der Waals surface area contributed by atoms with Crippen molar-refractivity contribution in [2.75, 3.05) is 23.8 Å². The molecular weight excluding hydrogens is 454 g/mol. The molecular formula is C24H23N5O4S. The van der Waals surface area contributed by atoms with Crippen molar-refractivity contribution in [3.05, 3.63) is 84.2 Å². The second kappa shape index (κ2) is 9.36. The maximum absolute atomic E-state index is 13.1. The highest BCUT2D eigenvalue weighted by molar-refractivity contribution is 7.92. The van der Waals surface area contributed by atoms with Gasteiger partial charge in [-0.2, -0.15) is 5.10 Å². The molecule has 174 valence electrons. The highest BCUT2D eigenvalue weighted by atomic mass is 32.2. The Labute approximate surface area is 197 Å². The van der Waals surface area contributed by atoms with Crippen molar-refractivity contribution in [1.82, 2.24) is 15.2 Å². The fourth-order valence-corrected chi connectivity index (χ4v) is 4.57. The standard InChI is InChI=1S/C24H23N5O4S/c1-16-25-23(28-27-16)18-7-6-8-19(15-18)26-24(30)17-11-13-20(14-12-17)34(31,32)29(2)21-9-4-5-10-22(21)33-3/h4-15H,1-3H3,(H,26,30)(H,25,27,28). The SMILES string of the molecule is COc1ccccc1N(C)S(=O)(=O)c1ccc(C(=O)Nc2cccc(-c3n[nH]c(C)n3)c2)cc1. The molecule has 0 unspecified atom stereocenters. The summed E-state index contributed by atoms with van der Waals surface area (Å²) in [6.45, 7) is 1.81. The Kier molecular flexibility index (Phi) is 6.33. The summed E-state index contributed by atoms with van der Waals surface area (Å²) < 4.78 is 32.6. The molecule has 0 atom stereocenters. The number of aromatic amines is 1. The van der Waals surface area contributed by atoms with E-state index in [0.29, 0.717) is 34.3 Å². The van der Waals surface area contributed by atoms with Gasteiger partial charge in [-0.3, -0.25) is 14.2 Å². The number of aromatic nitrogens is 3. The van der Waals surface area contributed by atoms with E-state index in [-0.39, 0.29) is 10.8 Å². The first-order chi connectivity index (χ1) is 16.3. The minimum Gasteiger partial charge on any atom is -0.495 e. The van der Waals surface area contributed by atoms with Gasteiger partial charge in [0.15, 0.2) is 5.82 Å². The molecule has 4 rings (SSSR count). The van der Waals surface area contributed by atoms with E-state index in [1.807, 2.05) is 6.07 Å². The summed E-state index contributed by atoms with van der Waals surface area (Å²) in [5.74, 6) is 1.29. The minimum absolute atomic E-state index is 0.0550. The largest absolute Gasteiger partial charge is 0.495 e. The summed E-state index contributed by atoms with van der Waals surface area (Å²) in [4.78, 5) is 17.1. The number of amides is 1. The van der Waals surface area contributed by atoms with Crippen LogP contribution < -0.4 is 14.4 Å². The first-order valence-electron chi connectivity index (χ1n) is 10.3. The fraction of sp³-hybridized carbons (Fsp3) is 0.125. The van der Waals surface area contributed by atoms with Crippen LogP contribution in [0.5, 0.6) is 5.75 Å². The van der Waals surface area contributed by atoms with Crippen LogP contribution in [-0.2, 0) is 10.0 Å². The number of hydrogen-bond acceptors (Lipinski definition) is 6. The number of carbonyl (C=O) groups is 1. The Bertz CT molecular complexity index is 1430. The fourth-order valence-electron chi connectivity index (χ4n) is 3.37. The molecule has 1 amide bonds. The molecule has 9 nitrogen and oxygen atoms in total.